The third-order valence-corrected chi connectivity index (χ3v) is 2.69. The Bertz CT molecular complexity index is 360. The van der Waals surface area contributed by atoms with E-state index >= 15 is 0 Å². The fourth-order valence-corrected chi connectivity index (χ4v) is 1.89. The van der Waals surface area contributed by atoms with E-state index in [1.54, 1.807) is 13.0 Å². The molecular weight excluding hydrogens is 233 g/mol. The first-order valence-electron chi connectivity index (χ1n) is 5.29. The van der Waals surface area contributed by atoms with E-state index in [-0.39, 0.29) is 6.54 Å². The molecule has 0 fully saturated rings. The first-order chi connectivity index (χ1) is 7.73. The van der Waals surface area contributed by atoms with Crippen molar-refractivity contribution in [3.63, 3.8) is 0 Å². The van der Waals surface area contributed by atoms with Crippen molar-refractivity contribution in [1.29, 1.82) is 0 Å². The number of hydrogen-bond donors (Lipinski definition) is 1. The van der Waals surface area contributed by atoms with Crippen molar-refractivity contribution in [3.8, 4) is 0 Å². The maximum atomic E-state index is 12.8. The van der Waals surface area contributed by atoms with Crippen molar-refractivity contribution in [3.05, 3.63) is 23.7 Å². The van der Waals surface area contributed by atoms with Gasteiger partial charge in [-0.3, -0.25) is 4.90 Å². The summed E-state index contributed by atoms with van der Waals surface area (Å²) in [6, 6.07) is -0.968. The van der Waals surface area contributed by atoms with Gasteiger partial charge in [-0.15, -0.1) is 0 Å². The third kappa shape index (κ3) is 3.47. The molecule has 2 atom stereocenters. The van der Waals surface area contributed by atoms with Crippen molar-refractivity contribution >= 4 is 0 Å². The lowest BCUT2D eigenvalue weighted by molar-refractivity contribution is -0.186. The van der Waals surface area contributed by atoms with E-state index in [2.05, 4.69) is 0 Å². The lowest BCUT2D eigenvalue weighted by Crippen LogP contribution is -2.53. The molecule has 2 N–H and O–H groups in total. The van der Waals surface area contributed by atoms with Gasteiger partial charge >= 0.3 is 6.18 Å². The number of likely N-dealkylation sites (N-methyl/N-ethyl adjacent to an activating group) is 1. The zero-order valence-corrected chi connectivity index (χ0v) is 10.1. The minimum Gasteiger partial charge on any atom is -0.469 e. The van der Waals surface area contributed by atoms with Crippen LogP contribution in [0.15, 0.2) is 16.7 Å². The van der Waals surface area contributed by atoms with E-state index in [4.69, 9.17) is 10.2 Å². The molecule has 1 aromatic heterocycles. The highest BCUT2D eigenvalue weighted by atomic mass is 19.4. The van der Waals surface area contributed by atoms with Crippen molar-refractivity contribution in [2.45, 2.75) is 38.7 Å². The molecule has 17 heavy (non-hydrogen) atoms. The molecule has 0 radical (unpaired) electrons. The number of alkyl halides is 3. The highest BCUT2D eigenvalue weighted by Crippen LogP contribution is 2.27. The second kappa shape index (κ2) is 5.10. The Morgan fingerprint density at radius 2 is 2.06 bits per heavy atom. The van der Waals surface area contributed by atoms with Gasteiger partial charge in [0.15, 0.2) is 0 Å². The molecule has 0 amide bonds. The second-order valence-electron chi connectivity index (χ2n) is 4.26. The van der Waals surface area contributed by atoms with Crippen LogP contribution >= 0.6 is 0 Å². The van der Waals surface area contributed by atoms with E-state index < -0.39 is 18.3 Å². The van der Waals surface area contributed by atoms with Gasteiger partial charge in [0.25, 0.3) is 0 Å². The molecule has 98 valence electrons. The number of rotatable bonds is 4. The third-order valence-electron chi connectivity index (χ3n) is 2.69. The van der Waals surface area contributed by atoms with Gasteiger partial charge in [-0.25, -0.2) is 0 Å². The van der Waals surface area contributed by atoms with Gasteiger partial charge in [0.05, 0.1) is 6.26 Å². The summed E-state index contributed by atoms with van der Waals surface area (Å²) >= 11 is 0. The summed E-state index contributed by atoms with van der Waals surface area (Å²) in [6.07, 6.45) is -2.87. The molecule has 0 aliphatic rings. The molecule has 0 bridgehead atoms. The van der Waals surface area contributed by atoms with Crippen LogP contribution in [0.3, 0.4) is 0 Å². The first kappa shape index (κ1) is 14.1. The Labute approximate surface area is 98.4 Å². The Kier molecular flexibility index (Phi) is 4.21. The molecule has 6 heteroatoms. The van der Waals surface area contributed by atoms with Gasteiger partial charge in [-0.2, -0.15) is 13.2 Å². The normalized spacial score (nSPS) is 16.2. The van der Waals surface area contributed by atoms with Crippen LogP contribution in [-0.2, 0) is 6.54 Å². The van der Waals surface area contributed by atoms with E-state index in [1.165, 1.54) is 25.1 Å². The van der Waals surface area contributed by atoms with Crippen LogP contribution in [0, 0.1) is 6.92 Å². The summed E-state index contributed by atoms with van der Waals surface area (Å²) in [7, 11) is 1.41. The van der Waals surface area contributed by atoms with Crippen LogP contribution in [0.1, 0.15) is 18.2 Å². The zero-order valence-electron chi connectivity index (χ0n) is 10.1. The number of nitrogens with two attached hydrogens (primary N) is 1. The van der Waals surface area contributed by atoms with E-state index in [1.807, 2.05) is 0 Å². The minimum atomic E-state index is -4.33. The van der Waals surface area contributed by atoms with Crippen LogP contribution < -0.4 is 5.73 Å². The summed E-state index contributed by atoms with van der Waals surface area (Å²) < 4.78 is 43.5. The molecule has 1 rings (SSSR count). The Balaban J connectivity index is 2.80. The number of hydrogen-bond acceptors (Lipinski definition) is 3. The number of nitrogens with zero attached hydrogens (tertiary/aromatic N) is 1. The fourth-order valence-electron chi connectivity index (χ4n) is 1.89. The van der Waals surface area contributed by atoms with Crippen LogP contribution in [-0.4, -0.2) is 30.2 Å². The van der Waals surface area contributed by atoms with Gasteiger partial charge in [0.2, 0.25) is 0 Å². The number of furan rings is 1. The average Bonchev–Trinajstić information content (AvgIpc) is 2.48. The SMILES string of the molecule is Cc1occc1CN(C)C(C(C)N)C(F)(F)F. The molecule has 0 aromatic carbocycles. The van der Waals surface area contributed by atoms with Gasteiger partial charge < -0.3 is 10.2 Å². The monoisotopic (exact) mass is 250 g/mol. The van der Waals surface area contributed by atoms with Gasteiger partial charge in [-0.1, -0.05) is 0 Å². The largest absolute Gasteiger partial charge is 0.469 e. The van der Waals surface area contributed by atoms with Crippen molar-refractivity contribution < 1.29 is 17.6 Å². The maximum absolute atomic E-state index is 12.8. The molecule has 0 saturated heterocycles. The standard InChI is InChI=1S/C11H17F3N2O/c1-7(15)10(11(12,13)14)16(3)6-9-4-5-17-8(9)2/h4-5,7,10H,6,15H2,1-3H3. The molecule has 1 aromatic rings. The summed E-state index contributed by atoms with van der Waals surface area (Å²) in [6.45, 7) is 3.24. The van der Waals surface area contributed by atoms with Gasteiger partial charge in [-0.05, 0) is 27.0 Å². The zero-order chi connectivity index (χ0) is 13.2. The lowest BCUT2D eigenvalue weighted by Gasteiger charge is -2.32. The fraction of sp³-hybridized carbons (Fsp3) is 0.636. The molecule has 2 unspecified atom stereocenters. The van der Waals surface area contributed by atoms with E-state index in [9.17, 15) is 13.2 Å². The topological polar surface area (TPSA) is 42.4 Å². The van der Waals surface area contributed by atoms with Crippen molar-refractivity contribution in [1.82, 2.24) is 4.90 Å². The highest BCUT2D eigenvalue weighted by molar-refractivity contribution is 5.15. The summed E-state index contributed by atoms with van der Waals surface area (Å²) in [5, 5.41) is 0. The predicted octanol–water partition coefficient (Wildman–Crippen LogP) is 2.30. The van der Waals surface area contributed by atoms with E-state index in [0.29, 0.717) is 5.76 Å². The molecule has 0 saturated carbocycles. The molecular formula is C11H17F3N2O. The van der Waals surface area contributed by atoms with Crippen LogP contribution in [0.25, 0.3) is 0 Å². The Hall–Kier alpha value is -1.01. The summed E-state index contributed by atoms with van der Waals surface area (Å²) in [5.74, 6) is 0.627. The molecule has 0 aliphatic heterocycles. The Morgan fingerprint density at radius 1 is 1.47 bits per heavy atom. The first-order valence-corrected chi connectivity index (χ1v) is 5.29. The molecule has 3 nitrogen and oxygen atoms in total. The maximum Gasteiger partial charge on any atom is 0.405 e. The average molecular weight is 250 g/mol. The van der Waals surface area contributed by atoms with Crippen molar-refractivity contribution in [2.75, 3.05) is 7.05 Å². The Morgan fingerprint density at radius 3 is 2.41 bits per heavy atom. The number of aryl methyl sites for hydroxylation is 1. The van der Waals surface area contributed by atoms with Crippen LogP contribution in [0.2, 0.25) is 0 Å². The molecule has 0 aliphatic carbocycles. The van der Waals surface area contributed by atoms with Crippen LogP contribution in [0.4, 0.5) is 13.2 Å². The lowest BCUT2D eigenvalue weighted by atomic mass is 10.1. The van der Waals surface area contributed by atoms with Gasteiger partial charge in [0.1, 0.15) is 11.8 Å². The minimum absolute atomic E-state index is 0.161. The summed E-state index contributed by atoms with van der Waals surface area (Å²) in [5.41, 5.74) is 6.14. The number of halogens is 3. The van der Waals surface area contributed by atoms with E-state index in [0.717, 1.165) is 5.56 Å². The highest BCUT2D eigenvalue weighted by Gasteiger charge is 2.44. The van der Waals surface area contributed by atoms with Gasteiger partial charge in [0, 0.05) is 18.2 Å². The quantitative estimate of drug-likeness (QED) is 0.891. The predicted molar refractivity (Wildman–Crippen MR) is 58.4 cm³/mol. The summed E-state index contributed by atoms with van der Waals surface area (Å²) in [4.78, 5) is 1.20. The smallest absolute Gasteiger partial charge is 0.405 e. The van der Waals surface area contributed by atoms with Crippen molar-refractivity contribution in [2.24, 2.45) is 5.73 Å². The molecule has 1 heterocycles. The second-order valence-corrected chi connectivity index (χ2v) is 4.26. The molecule has 0 spiro atoms. The van der Waals surface area contributed by atoms with Crippen LogP contribution in [0.5, 0.6) is 0 Å².